The van der Waals surface area contributed by atoms with Crippen LogP contribution in [0.5, 0.6) is 0 Å². The minimum atomic E-state index is -4.81. The van der Waals surface area contributed by atoms with E-state index in [-0.39, 0.29) is 16.0 Å². The summed E-state index contributed by atoms with van der Waals surface area (Å²) >= 11 is 5.98. The van der Waals surface area contributed by atoms with Crippen molar-refractivity contribution in [3.8, 4) is 0 Å². The average molecular weight is 553 g/mol. The molecule has 0 spiro atoms. The van der Waals surface area contributed by atoms with Gasteiger partial charge < -0.3 is 4.74 Å². The van der Waals surface area contributed by atoms with E-state index in [1.807, 2.05) is 0 Å². The van der Waals surface area contributed by atoms with Gasteiger partial charge in [-0.15, -0.1) is 0 Å². The maximum Gasteiger partial charge on any atom is 0.417 e. The lowest BCUT2D eigenvalue weighted by Crippen LogP contribution is -2.32. The molecule has 0 unspecified atom stereocenters. The molecule has 36 heavy (non-hydrogen) atoms. The molecule has 1 aromatic heterocycles. The molecule has 0 N–H and O–H groups in total. The van der Waals surface area contributed by atoms with Crippen molar-refractivity contribution >= 4 is 33.4 Å². The second-order valence-corrected chi connectivity index (χ2v) is 9.52. The zero-order valence-corrected chi connectivity index (χ0v) is 19.6. The Morgan fingerprint density at radius 1 is 0.944 bits per heavy atom. The third-order valence-electron chi connectivity index (χ3n) is 4.86. The number of sulfonamides is 1. The normalized spacial score (nSPS) is 12.3. The molecule has 0 radical (unpaired) electrons. The molecule has 3 rings (SSSR count). The summed E-state index contributed by atoms with van der Waals surface area (Å²) in [6.07, 6.45) is -9.06. The summed E-state index contributed by atoms with van der Waals surface area (Å²) in [7, 11) is -3.46. The van der Waals surface area contributed by atoms with E-state index in [4.69, 9.17) is 11.6 Å². The first kappa shape index (κ1) is 27.3. The van der Waals surface area contributed by atoms with E-state index in [1.54, 1.807) is 0 Å². The highest BCUT2D eigenvalue weighted by Crippen LogP contribution is 2.36. The molecule has 0 fully saturated rings. The topological polar surface area (TPSA) is 76.6 Å². The van der Waals surface area contributed by atoms with Crippen molar-refractivity contribution in [1.82, 2.24) is 4.98 Å². The average Bonchev–Trinajstić information content (AvgIpc) is 2.81. The van der Waals surface area contributed by atoms with Gasteiger partial charge in [0, 0.05) is 6.20 Å². The zero-order chi connectivity index (χ0) is 26.9. The minimum Gasteiger partial charge on any atom is -0.465 e. The van der Waals surface area contributed by atoms with Gasteiger partial charge >= 0.3 is 18.3 Å². The van der Waals surface area contributed by atoms with E-state index in [1.165, 1.54) is 0 Å². The first-order valence-electron chi connectivity index (χ1n) is 9.74. The Labute approximate surface area is 206 Å². The number of esters is 1. The van der Waals surface area contributed by atoms with E-state index in [0.717, 1.165) is 55.6 Å². The quantitative estimate of drug-likeness (QED) is 0.279. The summed E-state index contributed by atoms with van der Waals surface area (Å²) < 4.78 is 110. The summed E-state index contributed by atoms with van der Waals surface area (Å²) in [6, 6.07) is 8.39. The van der Waals surface area contributed by atoms with Crippen LogP contribution in [-0.2, 0) is 33.7 Å². The molecule has 0 aliphatic rings. The third-order valence-corrected chi connectivity index (χ3v) is 6.88. The van der Waals surface area contributed by atoms with Gasteiger partial charge in [0.1, 0.15) is 0 Å². The summed E-state index contributed by atoms with van der Waals surface area (Å²) in [5.74, 6) is -1.32. The van der Waals surface area contributed by atoms with Crippen molar-refractivity contribution in [1.29, 1.82) is 0 Å². The smallest absolute Gasteiger partial charge is 0.417 e. The number of pyridine rings is 1. The summed E-state index contributed by atoms with van der Waals surface area (Å²) in [5, 5.41) is -0.661. The van der Waals surface area contributed by atoms with Crippen molar-refractivity contribution in [3.63, 3.8) is 0 Å². The number of carbonyl (C=O) groups excluding carboxylic acids is 1. The molecule has 0 aliphatic carbocycles. The van der Waals surface area contributed by atoms with E-state index < -0.39 is 56.9 Å². The molecule has 14 heteroatoms. The highest BCUT2D eigenvalue weighted by molar-refractivity contribution is 7.92. The van der Waals surface area contributed by atoms with E-state index in [2.05, 4.69) is 9.72 Å². The number of nitrogens with zero attached hydrogens (tertiary/aromatic N) is 2. The summed E-state index contributed by atoms with van der Waals surface area (Å²) in [4.78, 5) is 14.8. The van der Waals surface area contributed by atoms with Gasteiger partial charge in [0.15, 0.2) is 5.82 Å². The standard InChI is InChI=1S/C22H15ClF6N2O4S/c1-35-20(32)14-4-8-17(9-5-14)36(33,34)31(12-13-2-6-15(7-3-13)21(24,25)26)19-18(23)10-16(11-30-19)22(27,28)29/h2-11H,12H2,1H3. The first-order valence-corrected chi connectivity index (χ1v) is 11.6. The Kier molecular flexibility index (Phi) is 7.55. The minimum absolute atomic E-state index is 0.0245. The van der Waals surface area contributed by atoms with Gasteiger partial charge in [-0.05, 0) is 48.0 Å². The molecule has 1 heterocycles. The van der Waals surface area contributed by atoms with Crippen LogP contribution in [0, 0.1) is 0 Å². The zero-order valence-electron chi connectivity index (χ0n) is 18.1. The number of hydrogen-bond donors (Lipinski definition) is 0. The van der Waals surface area contributed by atoms with Gasteiger partial charge in [-0.25, -0.2) is 22.5 Å². The van der Waals surface area contributed by atoms with Gasteiger partial charge in [0.05, 0.1) is 40.3 Å². The Balaban J connectivity index is 2.10. The SMILES string of the molecule is COC(=O)c1ccc(S(=O)(=O)N(Cc2ccc(C(F)(F)F)cc2)c2ncc(C(F)(F)F)cc2Cl)cc1. The number of carbonyl (C=O) groups is 1. The highest BCUT2D eigenvalue weighted by Gasteiger charge is 2.34. The molecule has 0 saturated heterocycles. The molecular formula is C22H15ClF6N2O4S. The highest BCUT2D eigenvalue weighted by atomic mass is 35.5. The summed E-state index contributed by atoms with van der Waals surface area (Å²) in [5.41, 5.74) is -2.12. The molecule has 0 saturated carbocycles. The van der Waals surface area contributed by atoms with E-state index in [9.17, 15) is 39.6 Å². The molecule has 0 atom stereocenters. The maximum atomic E-state index is 13.5. The van der Waals surface area contributed by atoms with E-state index >= 15 is 0 Å². The predicted molar refractivity (Wildman–Crippen MR) is 117 cm³/mol. The fraction of sp³-hybridized carbons (Fsp3) is 0.182. The second-order valence-electron chi connectivity index (χ2n) is 7.25. The maximum absolute atomic E-state index is 13.5. The van der Waals surface area contributed by atoms with Crippen LogP contribution in [0.3, 0.4) is 0 Å². The van der Waals surface area contributed by atoms with Crippen molar-refractivity contribution < 1.29 is 44.3 Å². The molecule has 2 aromatic carbocycles. The Morgan fingerprint density at radius 3 is 1.97 bits per heavy atom. The van der Waals surface area contributed by atoms with Gasteiger partial charge in [0.2, 0.25) is 0 Å². The fourth-order valence-corrected chi connectivity index (χ4v) is 4.76. The second kappa shape index (κ2) is 9.97. The predicted octanol–water partition coefficient (Wildman–Crippen LogP) is 5.95. The number of hydrogen-bond acceptors (Lipinski definition) is 5. The van der Waals surface area contributed by atoms with Crippen LogP contribution >= 0.6 is 11.6 Å². The third kappa shape index (κ3) is 5.90. The lowest BCUT2D eigenvalue weighted by atomic mass is 10.1. The van der Waals surface area contributed by atoms with Gasteiger partial charge in [-0.3, -0.25) is 0 Å². The number of benzene rings is 2. The number of methoxy groups -OCH3 is 1. The van der Waals surface area contributed by atoms with Crippen molar-refractivity contribution in [2.24, 2.45) is 0 Å². The van der Waals surface area contributed by atoms with Crippen LogP contribution in [0.15, 0.2) is 65.7 Å². The van der Waals surface area contributed by atoms with Crippen LogP contribution in [0.4, 0.5) is 32.2 Å². The van der Waals surface area contributed by atoms with Crippen molar-refractivity contribution in [3.05, 3.63) is 88.1 Å². The number of alkyl halides is 6. The molecule has 6 nitrogen and oxygen atoms in total. The lowest BCUT2D eigenvalue weighted by molar-refractivity contribution is -0.138. The Hall–Kier alpha value is -3.32. The number of halogens is 7. The monoisotopic (exact) mass is 552 g/mol. The number of rotatable bonds is 6. The first-order chi connectivity index (χ1) is 16.6. The number of anilines is 1. The molecule has 192 valence electrons. The van der Waals surface area contributed by atoms with Crippen LogP contribution in [-0.4, -0.2) is 26.5 Å². The fourth-order valence-electron chi connectivity index (χ4n) is 3.02. The van der Waals surface area contributed by atoms with Gasteiger partial charge in [0.25, 0.3) is 10.0 Å². The van der Waals surface area contributed by atoms with Gasteiger partial charge in [-0.1, -0.05) is 23.7 Å². The molecule has 0 bridgehead atoms. The van der Waals surface area contributed by atoms with Crippen LogP contribution < -0.4 is 4.31 Å². The van der Waals surface area contributed by atoms with Crippen molar-refractivity contribution in [2.75, 3.05) is 11.4 Å². The number of aromatic nitrogens is 1. The van der Waals surface area contributed by atoms with Crippen LogP contribution in [0.25, 0.3) is 0 Å². The van der Waals surface area contributed by atoms with Crippen LogP contribution in [0.2, 0.25) is 5.02 Å². The lowest BCUT2D eigenvalue weighted by Gasteiger charge is -2.25. The summed E-state index contributed by atoms with van der Waals surface area (Å²) in [6.45, 7) is -0.614. The number of ether oxygens (including phenoxy) is 1. The Bertz CT molecular complexity index is 1360. The molecule has 0 aliphatic heterocycles. The largest absolute Gasteiger partial charge is 0.465 e. The molecule has 0 amide bonds. The Morgan fingerprint density at radius 2 is 1.50 bits per heavy atom. The molecular weight excluding hydrogens is 538 g/mol. The van der Waals surface area contributed by atoms with Crippen molar-refractivity contribution in [2.45, 2.75) is 23.8 Å². The van der Waals surface area contributed by atoms with Crippen LogP contribution in [0.1, 0.15) is 27.0 Å². The van der Waals surface area contributed by atoms with E-state index in [0.29, 0.717) is 16.6 Å². The van der Waals surface area contributed by atoms with Gasteiger partial charge in [-0.2, -0.15) is 26.3 Å². The molecule has 3 aromatic rings.